The Morgan fingerprint density at radius 3 is 2.64 bits per heavy atom. The largest absolute Gasteiger partial charge is 0.313 e. The molecule has 1 atom stereocenters. The van der Waals surface area contributed by atoms with Crippen LogP contribution < -0.4 is 0 Å². The van der Waals surface area contributed by atoms with Crippen molar-refractivity contribution in [1.82, 2.24) is 0 Å². The second kappa shape index (κ2) is 6.08. The van der Waals surface area contributed by atoms with Gasteiger partial charge >= 0.3 is 0 Å². The first-order valence-corrected chi connectivity index (χ1v) is 4.18. The van der Waals surface area contributed by atoms with Crippen LogP contribution in [0.4, 0.5) is 0 Å². The number of Topliss-reactive ketones (excluding diaryl/α,β-unsaturated/α-hetero) is 1. The fourth-order valence-electron chi connectivity index (χ4n) is 0.900. The van der Waals surface area contributed by atoms with Crippen LogP contribution in [0.25, 0.3) is 0 Å². The zero-order valence-corrected chi connectivity index (χ0v) is 7.39. The second-order valence-corrected chi connectivity index (χ2v) is 3.00. The van der Waals surface area contributed by atoms with Gasteiger partial charge in [0.1, 0.15) is 5.78 Å². The average molecular weight is 155 g/mol. The van der Waals surface area contributed by atoms with Crippen molar-refractivity contribution in [3.63, 3.8) is 0 Å². The lowest BCUT2D eigenvalue weighted by molar-refractivity contribution is -0.120. The van der Waals surface area contributed by atoms with E-state index < -0.39 is 0 Å². The average Bonchev–Trinajstić information content (AvgIpc) is 1.97. The number of nitrogens with one attached hydrogen (secondary N) is 1. The zero-order valence-electron chi connectivity index (χ0n) is 7.39. The first-order valence-electron chi connectivity index (χ1n) is 4.18. The Hall–Kier alpha value is -0.660. The Morgan fingerprint density at radius 1 is 1.55 bits per heavy atom. The van der Waals surface area contributed by atoms with Gasteiger partial charge < -0.3 is 5.41 Å². The smallest absolute Gasteiger partial charge is 0.132 e. The minimum Gasteiger partial charge on any atom is -0.313 e. The van der Waals surface area contributed by atoms with E-state index in [1.807, 2.05) is 6.92 Å². The molecular weight excluding hydrogens is 138 g/mol. The standard InChI is InChI=1S/C9H17NO/c1-8(9(2)11)6-4-3-5-7-10/h7-8,10H,3-6H2,1-2H3. The topological polar surface area (TPSA) is 40.9 Å². The van der Waals surface area contributed by atoms with Gasteiger partial charge in [0.15, 0.2) is 0 Å². The minimum atomic E-state index is 0.209. The van der Waals surface area contributed by atoms with Crippen molar-refractivity contribution in [1.29, 1.82) is 5.41 Å². The highest BCUT2D eigenvalue weighted by Crippen LogP contribution is 2.09. The van der Waals surface area contributed by atoms with Crippen LogP contribution >= 0.6 is 0 Å². The van der Waals surface area contributed by atoms with Crippen LogP contribution in [0.2, 0.25) is 0 Å². The molecule has 2 heteroatoms. The molecule has 11 heavy (non-hydrogen) atoms. The van der Waals surface area contributed by atoms with E-state index in [1.54, 1.807) is 6.92 Å². The number of carbonyl (C=O) groups excluding carboxylic acids is 1. The summed E-state index contributed by atoms with van der Waals surface area (Å²) in [5, 5.41) is 6.78. The summed E-state index contributed by atoms with van der Waals surface area (Å²) in [5.74, 6) is 0.487. The quantitative estimate of drug-likeness (QED) is 0.464. The fraction of sp³-hybridized carbons (Fsp3) is 0.778. The summed E-state index contributed by atoms with van der Waals surface area (Å²) >= 11 is 0. The van der Waals surface area contributed by atoms with Crippen molar-refractivity contribution in [2.24, 2.45) is 5.92 Å². The van der Waals surface area contributed by atoms with Crippen molar-refractivity contribution in [3.8, 4) is 0 Å². The molecule has 0 aromatic rings. The Morgan fingerprint density at radius 2 is 2.18 bits per heavy atom. The predicted octanol–water partition coefficient (Wildman–Crippen LogP) is 2.42. The summed E-state index contributed by atoms with van der Waals surface area (Å²) < 4.78 is 0. The van der Waals surface area contributed by atoms with Crippen molar-refractivity contribution < 1.29 is 4.79 Å². The zero-order chi connectivity index (χ0) is 8.69. The minimum absolute atomic E-state index is 0.209. The second-order valence-electron chi connectivity index (χ2n) is 3.00. The highest BCUT2D eigenvalue weighted by atomic mass is 16.1. The molecule has 0 rings (SSSR count). The van der Waals surface area contributed by atoms with Crippen LogP contribution in [0.1, 0.15) is 39.5 Å². The molecule has 2 nitrogen and oxygen atoms in total. The van der Waals surface area contributed by atoms with Crippen LogP contribution in [0, 0.1) is 11.3 Å². The molecule has 0 amide bonds. The van der Waals surface area contributed by atoms with Gasteiger partial charge in [-0.1, -0.05) is 13.3 Å². The van der Waals surface area contributed by atoms with Gasteiger partial charge in [-0.25, -0.2) is 0 Å². The van der Waals surface area contributed by atoms with Crippen molar-refractivity contribution in [3.05, 3.63) is 0 Å². The number of carbonyl (C=O) groups is 1. The van der Waals surface area contributed by atoms with Crippen LogP contribution in [-0.4, -0.2) is 12.0 Å². The Bertz CT molecular complexity index is 132. The maximum atomic E-state index is 10.8. The number of hydrogen-bond donors (Lipinski definition) is 1. The predicted molar refractivity (Wildman–Crippen MR) is 47.1 cm³/mol. The number of unbranched alkanes of at least 4 members (excludes halogenated alkanes) is 2. The van der Waals surface area contributed by atoms with Gasteiger partial charge in [0.2, 0.25) is 0 Å². The summed E-state index contributed by atoms with van der Waals surface area (Å²) in [4.78, 5) is 10.8. The Kier molecular flexibility index (Phi) is 5.71. The number of ketones is 1. The third-order valence-corrected chi connectivity index (χ3v) is 1.93. The summed E-state index contributed by atoms with van der Waals surface area (Å²) in [6.07, 6.45) is 5.36. The van der Waals surface area contributed by atoms with E-state index >= 15 is 0 Å². The van der Waals surface area contributed by atoms with Gasteiger partial charge in [0, 0.05) is 5.92 Å². The molecule has 0 heterocycles. The van der Waals surface area contributed by atoms with Crippen LogP contribution in [0.3, 0.4) is 0 Å². The molecular formula is C9H17NO. The summed E-state index contributed by atoms with van der Waals surface area (Å²) in [6, 6.07) is 0. The lowest BCUT2D eigenvalue weighted by atomic mass is 10.00. The van der Waals surface area contributed by atoms with Gasteiger partial charge in [-0.3, -0.25) is 4.79 Å². The van der Waals surface area contributed by atoms with Crippen molar-refractivity contribution in [2.75, 3.05) is 0 Å². The third kappa shape index (κ3) is 5.77. The van der Waals surface area contributed by atoms with E-state index in [0.29, 0.717) is 0 Å². The van der Waals surface area contributed by atoms with Gasteiger partial charge in [0.05, 0.1) is 0 Å². The normalized spacial score (nSPS) is 12.5. The maximum Gasteiger partial charge on any atom is 0.132 e. The summed E-state index contributed by atoms with van der Waals surface area (Å²) in [6.45, 7) is 3.61. The van der Waals surface area contributed by atoms with E-state index in [2.05, 4.69) is 0 Å². The maximum absolute atomic E-state index is 10.8. The van der Waals surface area contributed by atoms with E-state index in [0.717, 1.165) is 25.7 Å². The number of rotatable bonds is 6. The number of hydrogen-bond acceptors (Lipinski definition) is 2. The first kappa shape index (κ1) is 10.3. The van der Waals surface area contributed by atoms with E-state index in [4.69, 9.17) is 5.41 Å². The monoisotopic (exact) mass is 155 g/mol. The fourth-order valence-corrected chi connectivity index (χ4v) is 0.900. The molecule has 0 radical (unpaired) electrons. The lowest BCUT2D eigenvalue weighted by Gasteiger charge is -2.04. The molecule has 0 spiro atoms. The van der Waals surface area contributed by atoms with Crippen LogP contribution in [0.5, 0.6) is 0 Å². The molecule has 0 aliphatic carbocycles. The third-order valence-electron chi connectivity index (χ3n) is 1.93. The van der Waals surface area contributed by atoms with E-state index in [-0.39, 0.29) is 11.7 Å². The molecule has 0 bridgehead atoms. The molecule has 64 valence electrons. The molecule has 1 unspecified atom stereocenters. The molecule has 0 saturated heterocycles. The van der Waals surface area contributed by atoms with Crippen LogP contribution in [-0.2, 0) is 4.79 Å². The molecule has 0 aliphatic heterocycles. The highest BCUT2D eigenvalue weighted by Gasteiger charge is 2.05. The van der Waals surface area contributed by atoms with Crippen LogP contribution in [0.15, 0.2) is 0 Å². The molecule has 0 saturated carbocycles. The summed E-state index contributed by atoms with van der Waals surface area (Å²) in [5.41, 5.74) is 0. The Labute approximate surface area is 68.5 Å². The highest BCUT2D eigenvalue weighted by molar-refractivity contribution is 5.77. The van der Waals surface area contributed by atoms with E-state index in [1.165, 1.54) is 6.21 Å². The lowest BCUT2D eigenvalue weighted by Crippen LogP contribution is -2.05. The summed E-state index contributed by atoms with van der Waals surface area (Å²) in [7, 11) is 0. The molecule has 0 aliphatic rings. The van der Waals surface area contributed by atoms with Crippen molar-refractivity contribution >= 4 is 12.0 Å². The van der Waals surface area contributed by atoms with Gasteiger partial charge in [0.25, 0.3) is 0 Å². The van der Waals surface area contributed by atoms with Gasteiger partial charge in [-0.2, -0.15) is 0 Å². The molecule has 1 N–H and O–H groups in total. The van der Waals surface area contributed by atoms with Crippen molar-refractivity contribution in [2.45, 2.75) is 39.5 Å². The van der Waals surface area contributed by atoms with E-state index in [9.17, 15) is 4.79 Å². The Balaban J connectivity index is 3.24. The molecule has 0 aromatic carbocycles. The first-order chi connectivity index (χ1) is 5.18. The molecule has 0 aromatic heterocycles. The van der Waals surface area contributed by atoms with Gasteiger partial charge in [-0.15, -0.1) is 0 Å². The molecule has 0 fully saturated rings. The SMILES string of the molecule is CC(=O)C(C)CCCCC=N. The van der Waals surface area contributed by atoms with Gasteiger partial charge in [-0.05, 0) is 32.4 Å².